The summed E-state index contributed by atoms with van der Waals surface area (Å²) in [5.74, 6) is -0.220. The summed E-state index contributed by atoms with van der Waals surface area (Å²) >= 11 is 8.11. The van der Waals surface area contributed by atoms with E-state index in [1.54, 1.807) is 19.2 Å². The molecule has 0 amide bonds. The Hall–Kier alpha value is -2.00. The molecule has 7 heteroatoms. The molecule has 1 aliphatic heterocycles. The molecule has 1 aliphatic rings. The van der Waals surface area contributed by atoms with Crippen molar-refractivity contribution >= 4 is 45.6 Å². The molecule has 2 aromatic heterocycles. The molecule has 1 aromatic carbocycles. The van der Waals surface area contributed by atoms with Gasteiger partial charge in [-0.15, -0.1) is 0 Å². The number of hydrogen-bond donors (Lipinski definition) is 2. The monoisotopic (exact) mass is 506 g/mol. The van der Waals surface area contributed by atoms with Crippen molar-refractivity contribution in [2.45, 2.75) is 32.9 Å². The highest BCUT2D eigenvalue weighted by atomic mass is 127. The Morgan fingerprint density at radius 2 is 1.93 bits per heavy atom. The van der Waals surface area contributed by atoms with Crippen LogP contribution in [0.15, 0.2) is 42.6 Å². The lowest BCUT2D eigenvalue weighted by molar-refractivity contribution is 0.564. The number of nitrogens with zero attached hydrogens (tertiary/aromatic N) is 2. The van der Waals surface area contributed by atoms with Crippen LogP contribution in [0.4, 0.5) is 10.1 Å². The fourth-order valence-corrected chi connectivity index (χ4v) is 5.03. The van der Waals surface area contributed by atoms with Crippen LogP contribution in [0.3, 0.4) is 0 Å². The van der Waals surface area contributed by atoms with E-state index in [4.69, 9.17) is 12.2 Å². The van der Waals surface area contributed by atoms with E-state index in [2.05, 4.69) is 56.6 Å². The van der Waals surface area contributed by atoms with Crippen LogP contribution < -0.4 is 10.2 Å². The molecule has 0 unspecified atom stereocenters. The van der Waals surface area contributed by atoms with Gasteiger partial charge in [-0.3, -0.25) is 4.98 Å². The molecular weight excluding hydrogens is 486 g/mol. The second-order valence-electron chi connectivity index (χ2n) is 7.03. The normalized spacial score (nSPS) is 19.2. The Kier molecular flexibility index (Phi) is 5.13. The van der Waals surface area contributed by atoms with Crippen LogP contribution >= 0.6 is 34.8 Å². The first-order valence-electron chi connectivity index (χ1n) is 9.00. The zero-order valence-electron chi connectivity index (χ0n) is 15.8. The molecule has 1 fully saturated rings. The summed E-state index contributed by atoms with van der Waals surface area (Å²) in [6.45, 7) is 5.92. The minimum atomic E-state index is -0.220. The number of thiocarbonyl (C=S) groups is 1. The van der Waals surface area contributed by atoms with Gasteiger partial charge in [0.25, 0.3) is 0 Å². The Bertz CT molecular complexity index is 1050. The van der Waals surface area contributed by atoms with Gasteiger partial charge in [0, 0.05) is 32.4 Å². The molecular formula is C21H20FIN4S. The van der Waals surface area contributed by atoms with Crippen molar-refractivity contribution < 1.29 is 4.39 Å². The van der Waals surface area contributed by atoms with Crippen LogP contribution in [-0.2, 0) is 0 Å². The van der Waals surface area contributed by atoms with E-state index in [-0.39, 0.29) is 17.9 Å². The van der Waals surface area contributed by atoms with Crippen molar-refractivity contribution in [3.8, 4) is 0 Å². The van der Waals surface area contributed by atoms with Gasteiger partial charge in [0.2, 0.25) is 0 Å². The van der Waals surface area contributed by atoms with E-state index in [9.17, 15) is 4.39 Å². The Morgan fingerprint density at radius 3 is 2.54 bits per heavy atom. The van der Waals surface area contributed by atoms with Crippen LogP contribution in [0.25, 0.3) is 0 Å². The average Bonchev–Trinajstić information content (AvgIpc) is 3.13. The van der Waals surface area contributed by atoms with E-state index in [0.29, 0.717) is 10.7 Å². The minimum Gasteiger partial charge on any atom is -0.362 e. The Morgan fingerprint density at radius 1 is 1.14 bits per heavy atom. The van der Waals surface area contributed by atoms with Gasteiger partial charge < -0.3 is 15.2 Å². The van der Waals surface area contributed by atoms with Gasteiger partial charge in [0.05, 0.1) is 17.8 Å². The molecule has 3 heterocycles. The van der Waals surface area contributed by atoms with Crippen LogP contribution in [0.2, 0.25) is 0 Å². The van der Waals surface area contributed by atoms with Crippen molar-refractivity contribution in [2.24, 2.45) is 0 Å². The lowest BCUT2D eigenvalue weighted by Gasteiger charge is -2.28. The molecule has 28 heavy (non-hydrogen) atoms. The van der Waals surface area contributed by atoms with E-state index >= 15 is 0 Å². The molecule has 144 valence electrons. The number of aromatic amines is 1. The van der Waals surface area contributed by atoms with Gasteiger partial charge in [-0.1, -0.05) is 6.07 Å². The SMILES string of the molecule is Cc1cc(N2C(=S)N[C@@H](c3ccccn3)[C@@H]2c2c(C)[nH]c(C)c2I)ccc1F. The van der Waals surface area contributed by atoms with Crippen LogP contribution in [0.1, 0.15) is 40.3 Å². The molecule has 2 N–H and O–H groups in total. The number of nitrogens with one attached hydrogen (secondary N) is 2. The third-order valence-corrected chi connectivity index (χ3v) is 6.86. The molecule has 0 bridgehead atoms. The molecule has 2 atom stereocenters. The van der Waals surface area contributed by atoms with E-state index in [1.807, 2.05) is 24.3 Å². The number of rotatable bonds is 3. The quantitative estimate of drug-likeness (QED) is 0.376. The summed E-state index contributed by atoms with van der Waals surface area (Å²) < 4.78 is 15.1. The van der Waals surface area contributed by atoms with E-state index < -0.39 is 0 Å². The number of pyridine rings is 1. The second kappa shape index (κ2) is 7.44. The smallest absolute Gasteiger partial charge is 0.174 e. The van der Waals surface area contributed by atoms with Crippen LogP contribution in [-0.4, -0.2) is 15.1 Å². The number of H-pyrrole nitrogens is 1. The summed E-state index contributed by atoms with van der Waals surface area (Å²) in [5, 5.41) is 4.06. The topological polar surface area (TPSA) is 44.0 Å². The lowest BCUT2D eigenvalue weighted by Crippen LogP contribution is -2.30. The maximum Gasteiger partial charge on any atom is 0.174 e. The first-order chi connectivity index (χ1) is 13.4. The zero-order valence-corrected chi connectivity index (χ0v) is 18.7. The highest BCUT2D eigenvalue weighted by Gasteiger charge is 2.43. The molecule has 4 nitrogen and oxygen atoms in total. The van der Waals surface area contributed by atoms with Gasteiger partial charge in [-0.05, 0) is 91.5 Å². The fraction of sp³-hybridized carbons (Fsp3) is 0.238. The number of benzene rings is 1. The van der Waals surface area contributed by atoms with E-state index in [0.717, 1.165) is 22.8 Å². The van der Waals surface area contributed by atoms with Crippen molar-refractivity contribution in [1.29, 1.82) is 0 Å². The number of aromatic nitrogens is 2. The number of anilines is 1. The van der Waals surface area contributed by atoms with E-state index in [1.165, 1.54) is 15.2 Å². The first-order valence-corrected chi connectivity index (χ1v) is 10.5. The van der Waals surface area contributed by atoms with Crippen molar-refractivity contribution in [2.75, 3.05) is 4.90 Å². The Balaban J connectivity index is 1.91. The highest BCUT2D eigenvalue weighted by Crippen LogP contribution is 2.44. The van der Waals surface area contributed by atoms with Crippen LogP contribution in [0, 0.1) is 30.2 Å². The molecule has 1 saturated heterocycles. The molecule has 3 aromatic rings. The summed E-state index contributed by atoms with van der Waals surface area (Å²) in [6, 6.07) is 10.8. The standard InChI is InChI=1S/C21H20FIN4S/c1-11-10-14(7-8-15(11)22)27-20(17-12(2)25-13(3)18(17)23)19(26-21(27)28)16-6-4-5-9-24-16/h4-10,19-20,25H,1-3H3,(H,26,28)/t19-,20-/m0/s1. The third-order valence-electron chi connectivity index (χ3n) is 5.16. The Labute approximate surface area is 182 Å². The number of hydrogen-bond acceptors (Lipinski definition) is 2. The number of halogens is 2. The fourth-order valence-electron chi connectivity index (χ4n) is 3.83. The third kappa shape index (κ3) is 3.20. The zero-order chi connectivity index (χ0) is 20.0. The summed E-state index contributed by atoms with van der Waals surface area (Å²) in [4.78, 5) is 10.1. The van der Waals surface area contributed by atoms with Gasteiger partial charge in [0.15, 0.2) is 5.11 Å². The predicted octanol–water partition coefficient (Wildman–Crippen LogP) is 5.26. The molecule has 0 aliphatic carbocycles. The molecule has 4 rings (SSSR count). The van der Waals surface area contributed by atoms with Gasteiger partial charge in [-0.25, -0.2) is 4.39 Å². The average molecular weight is 506 g/mol. The first kappa shape index (κ1) is 19.3. The van der Waals surface area contributed by atoms with Gasteiger partial charge in [0.1, 0.15) is 5.82 Å². The maximum atomic E-state index is 13.9. The molecule has 0 radical (unpaired) electrons. The van der Waals surface area contributed by atoms with Crippen molar-refractivity contribution in [3.63, 3.8) is 0 Å². The van der Waals surface area contributed by atoms with Crippen molar-refractivity contribution in [1.82, 2.24) is 15.3 Å². The molecule has 0 spiro atoms. The number of aryl methyl sites for hydroxylation is 3. The summed E-state index contributed by atoms with van der Waals surface area (Å²) in [7, 11) is 0. The summed E-state index contributed by atoms with van der Waals surface area (Å²) in [5.41, 5.74) is 5.79. The highest BCUT2D eigenvalue weighted by molar-refractivity contribution is 14.1. The summed E-state index contributed by atoms with van der Waals surface area (Å²) in [6.07, 6.45) is 1.79. The lowest BCUT2D eigenvalue weighted by atomic mass is 9.96. The van der Waals surface area contributed by atoms with Crippen molar-refractivity contribution in [3.05, 3.63) is 80.2 Å². The molecule has 0 saturated carbocycles. The van der Waals surface area contributed by atoms with Gasteiger partial charge in [-0.2, -0.15) is 0 Å². The predicted molar refractivity (Wildman–Crippen MR) is 122 cm³/mol. The minimum absolute atomic E-state index is 0.0934. The van der Waals surface area contributed by atoms with Gasteiger partial charge >= 0.3 is 0 Å². The second-order valence-corrected chi connectivity index (χ2v) is 8.50. The maximum absolute atomic E-state index is 13.9. The van der Waals surface area contributed by atoms with Crippen LogP contribution in [0.5, 0.6) is 0 Å². The largest absolute Gasteiger partial charge is 0.362 e.